The maximum absolute atomic E-state index is 9.35. The summed E-state index contributed by atoms with van der Waals surface area (Å²) in [5.74, 6) is 0.635. The molecule has 0 saturated heterocycles. The molecule has 53 heavy (non-hydrogen) atoms. The third-order valence-corrected chi connectivity index (χ3v) is 9.85. The topological polar surface area (TPSA) is 57.7 Å². The van der Waals surface area contributed by atoms with Gasteiger partial charge in [-0.05, 0) is 78.4 Å². The predicted octanol–water partition coefficient (Wildman–Crippen LogP) is 11.5. The first kappa shape index (κ1) is 31.7. The highest BCUT2D eigenvalue weighted by Gasteiger charge is 2.24. The van der Waals surface area contributed by atoms with Gasteiger partial charge < -0.3 is 9.47 Å². The normalized spacial score (nSPS) is 13.0. The Morgan fingerprint density at radius 2 is 1.23 bits per heavy atom. The minimum atomic E-state index is 0.612. The van der Waals surface area contributed by atoms with E-state index in [1.807, 2.05) is 48.5 Å². The number of nitriles is 1. The molecule has 0 aliphatic carbocycles. The van der Waals surface area contributed by atoms with Crippen molar-refractivity contribution in [3.8, 4) is 45.7 Å². The summed E-state index contributed by atoms with van der Waals surface area (Å²) in [5.41, 5.74) is 13.8. The first-order chi connectivity index (χ1) is 26.2. The van der Waals surface area contributed by atoms with Crippen LogP contribution in [-0.4, -0.2) is 21.1 Å². The second kappa shape index (κ2) is 13.4. The van der Waals surface area contributed by atoms with E-state index in [2.05, 4.69) is 143 Å². The molecule has 0 radical (unpaired) electrons. The molecule has 8 aromatic rings. The molecular weight excluding hydrogens is 647 g/mol. The van der Waals surface area contributed by atoms with Crippen LogP contribution in [0.2, 0.25) is 0 Å². The van der Waals surface area contributed by atoms with Crippen LogP contribution >= 0.6 is 0 Å². The van der Waals surface area contributed by atoms with Crippen LogP contribution in [0.25, 0.3) is 62.1 Å². The Kier molecular flexibility index (Phi) is 8.03. The lowest BCUT2D eigenvalue weighted by Gasteiger charge is -2.26. The lowest BCUT2D eigenvalue weighted by Crippen LogP contribution is -2.18. The quantitative estimate of drug-likeness (QED) is 0.182. The first-order valence-corrected chi connectivity index (χ1v) is 17.6. The van der Waals surface area contributed by atoms with Gasteiger partial charge in [0.2, 0.25) is 0 Å². The first-order valence-electron chi connectivity index (χ1n) is 17.6. The highest BCUT2D eigenvalue weighted by atomic mass is 15.1. The number of aromatic nitrogens is 3. The molecule has 6 aromatic carbocycles. The van der Waals surface area contributed by atoms with Crippen molar-refractivity contribution in [1.82, 2.24) is 14.5 Å². The summed E-state index contributed by atoms with van der Waals surface area (Å²) in [5, 5.41) is 10.5. The van der Waals surface area contributed by atoms with Crippen LogP contribution in [0.1, 0.15) is 22.4 Å². The van der Waals surface area contributed by atoms with Crippen LogP contribution in [0, 0.1) is 11.3 Å². The zero-order valence-electron chi connectivity index (χ0n) is 28.9. The van der Waals surface area contributed by atoms with Gasteiger partial charge >= 0.3 is 0 Å². The molecule has 0 N–H and O–H groups in total. The Balaban J connectivity index is 1.13. The maximum atomic E-state index is 9.35. The van der Waals surface area contributed by atoms with Crippen LogP contribution in [0.15, 0.2) is 176 Å². The highest BCUT2D eigenvalue weighted by Crippen LogP contribution is 2.42. The largest absolute Gasteiger partial charge is 0.337 e. The van der Waals surface area contributed by atoms with Gasteiger partial charge in [-0.2, -0.15) is 5.26 Å². The van der Waals surface area contributed by atoms with Crippen LogP contribution in [-0.2, 0) is 0 Å². The monoisotopic (exact) mass is 679 g/mol. The van der Waals surface area contributed by atoms with E-state index < -0.39 is 0 Å². The molecule has 0 atom stereocenters. The maximum Gasteiger partial charge on any atom is 0.160 e. The second-order valence-corrected chi connectivity index (χ2v) is 13.0. The molecule has 2 aromatic heterocycles. The minimum Gasteiger partial charge on any atom is -0.337 e. The lowest BCUT2D eigenvalue weighted by molar-refractivity contribution is 1.09. The smallest absolute Gasteiger partial charge is 0.160 e. The van der Waals surface area contributed by atoms with Crippen LogP contribution in [0.5, 0.6) is 0 Å². The molecule has 0 unspecified atom stereocenters. The Bertz CT molecular complexity index is 2700. The average molecular weight is 680 g/mol. The molecule has 0 saturated carbocycles. The summed E-state index contributed by atoms with van der Waals surface area (Å²) in [6.07, 6.45) is 4.49. The molecule has 9 rings (SSSR count). The summed E-state index contributed by atoms with van der Waals surface area (Å²) < 4.78 is 2.34. The van der Waals surface area contributed by atoms with Crippen LogP contribution in [0.4, 0.5) is 11.4 Å². The molecule has 3 heterocycles. The summed E-state index contributed by atoms with van der Waals surface area (Å²) >= 11 is 0. The third kappa shape index (κ3) is 5.79. The van der Waals surface area contributed by atoms with Crippen molar-refractivity contribution in [3.63, 3.8) is 0 Å². The van der Waals surface area contributed by atoms with E-state index in [0.29, 0.717) is 17.9 Å². The molecular formula is C48H33N5. The Labute approximate surface area is 308 Å². The number of fused-ring (bicyclic) bond motifs is 4. The summed E-state index contributed by atoms with van der Waals surface area (Å²) in [4.78, 5) is 12.4. The average Bonchev–Trinajstić information content (AvgIpc) is 3.58. The van der Waals surface area contributed by atoms with E-state index in [-0.39, 0.29) is 0 Å². The van der Waals surface area contributed by atoms with Crippen molar-refractivity contribution in [1.29, 1.82) is 5.26 Å². The number of benzene rings is 6. The van der Waals surface area contributed by atoms with Gasteiger partial charge in [-0.25, -0.2) is 9.97 Å². The van der Waals surface area contributed by atoms with Crippen molar-refractivity contribution >= 4 is 33.9 Å². The predicted molar refractivity (Wildman–Crippen MR) is 217 cm³/mol. The SMILES string of the molecule is C=C1c2ccccc2N(c2ccc(-c3nc(-c4ccccc4)cc(-c4ccc(C#N)cc4)n3)cc2)C/C=C\c2c1c1ccccc1n2-c1ccccc1. The molecule has 1 aliphatic heterocycles. The van der Waals surface area contributed by atoms with Crippen LogP contribution < -0.4 is 4.90 Å². The van der Waals surface area contributed by atoms with Crippen molar-refractivity contribution in [2.75, 3.05) is 11.4 Å². The Morgan fingerprint density at radius 1 is 0.604 bits per heavy atom. The van der Waals surface area contributed by atoms with E-state index in [1.54, 1.807) is 0 Å². The summed E-state index contributed by atoms with van der Waals surface area (Å²) in [6, 6.07) is 58.1. The standard InChI is InChI=1S/C48H33N5/c1-33-40-17-8-10-19-44(40)52(30-12-21-46-47(33)41-18-9-11-20-45(41)53(46)39-15-6-3-7-16-39)38-28-26-37(27-29-38)48-50-42(35-13-4-2-5-14-35)31-43(51-48)36-24-22-34(32-49)23-25-36/h2-29,31H,1,30H2/b21-12-. The van der Waals surface area contributed by atoms with Crippen molar-refractivity contribution in [2.45, 2.75) is 0 Å². The van der Waals surface area contributed by atoms with E-state index in [9.17, 15) is 5.26 Å². The van der Waals surface area contributed by atoms with E-state index in [0.717, 1.165) is 73.1 Å². The number of anilines is 2. The molecule has 0 amide bonds. The molecule has 0 spiro atoms. The van der Waals surface area contributed by atoms with Crippen LogP contribution in [0.3, 0.4) is 0 Å². The highest BCUT2D eigenvalue weighted by molar-refractivity contribution is 6.03. The van der Waals surface area contributed by atoms with Gasteiger partial charge in [0, 0.05) is 56.8 Å². The molecule has 5 nitrogen and oxygen atoms in total. The Hall–Kier alpha value is -7.29. The van der Waals surface area contributed by atoms with Gasteiger partial charge in [0.05, 0.1) is 34.2 Å². The van der Waals surface area contributed by atoms with Gasteiger partial charge in [-0.15, -0.1) is 0 Å². The molecule has 1 aliphatic rings. The number of rotatable bonds is 5. The molecule has 250 valence electrons. The number of hydrogen-bond acceptors (Lipinski definition) is 4. The van der Waals surface area contributed by atoms with Gasteiger partial charge in [-0.1, -0.05) is 110 Å². The lowest BCUT2D eigenvalue weighted by atomic mass is 9.95. The molecule has 0 bridgehead atoms. The van der Waals surface area contributed by atoms with Gasteiger partial charge in [0.1, 0.15) is 0 Å². The van der Waals surface area contributed by atoms with E-state index >= 15 is 0 Å². The second-order valence-electron chi connectivity index (χ2n) is 13.0. The van der Waals surface area contributed by atoms with Gasteiger partial charge in [0.25, 0.3) is 0 Å². The zero-order valence-corrected chi connectivity index (χ0v) is 28.9. The third-order valence-electron chi connectivity index (χ3n) is 9.85. The fourth-order valence-electron chi connectivity index (χ4n) is 7.29. The molecule has 0 fully saturated rings. The fraction of sp³-hybridized carbons (Fsp3) is 0.0208. The van der Waals surface area contributed by atoms with Crippen molar-refractivity contribution in [2.24, 2.45) is 0 Å². The van der Waals surface area contributed by atoms with Crippen molar-refractivity contribution < 1.29 is 0 Å². The summed E-state index contributed by atoms with van der Waals surface area (Å²) in [6.45, 7) is 5.40. The van der Waals surface area contributed by atoms with E-state index in [4.69, 9.17) is 16.5 Å². The Morgan fingerprint density at radius 3 is 1.96 bits per heavy atom. The number of nitrogens with zero attached hydrogens (tertiary/aromatic N) is 5. The van der Waals surface area contributed by atoms with Gasteiger partial charge in [0.15, 0.2) is 5.82 Å². The van der Waals surface area contributed by atoms with E-state index in [1.165, 1.54) is 5.39 Å². The summed E-state index contributed by atoms with van der Waals surface area (Å²) in [7, 11) is 0. The molecule has 5 heteroatoms. The van der Waals surface area contributed by atoms with Crippen molar-refractivity contribution in [3.05, 3.63) is 199 Å². The number of hydrogen-bond donors (Lipinski definition) is 0. The zero-order chi connectivity index (χ0) is 35.7. The fourth-order valence-corrected chi connectivity index (χ4v) is 7.29. The number of para-hydroxylation sites is 3. The minimum absolute atomic E-state index is 0.612. The van der Waals surface area contributed by atoms with Gasteiger partial charge in [-0.3, -0.25) is 0 Å².